The van der Waals surface area contributed by atoms with E-state index in [4.69, 9.17) is 0 Å². The zero-order valence-corrected chi connectivity index (χ0v) is 23.2. The second-order valence-electron chi connectivity index (χ2n) is 10.5. The summed E-state index contributed by atoms with van der Waals surface area (Å²) in [4.78, 5) is 55.7. The maximum absolute atomic E-state index is 14.0. The van der Waals surface area contributed by atoms with Crippen molar-refractivity contribution >= 4 is 29.3 Å². The molecule has 0 saturated carbocycles. The van der Waals surface area contributed by atoms with Gasteiger partial charge in [-0.15, -0.1) is 0 Å². The number of carbonyl (C=O) groups excluding carboxylic acids is 4. The molecule has 3 heterocycles. The molecule has 0 fully saturated rings. The summed E-state index contributed by atoms with van der Waals surface area (Å²) in [7, 11) is 0. The Hall–Kier alpha value is -4.54. The number of benzene rings is 2. The normalized spacial score (nSPS) is 18.4. The Morgan fingerprint density at radius 3 is 2.51 bits per heavy atom. The van der Waals surface area contributed by atoms with Crippen LogP contribution in [0, 0.1) is 5.92 Å². The van der Waals surface area contributed by atoms with Crippen molar-refractivity contribution in [3.8, 4) is 0 Å². The number of nitrogens with one attached hydrogen (secondary N) is 4. The molecule has 41 heavy (non-hydrogen) atoms. The molecule has 5 rings (SSSR count). The van der Waals surface area contributed by atoms with Crippen LogP contribution in [0.2, 0.25) is 0 Å². The first-order chi connectivity index (χ1) is 19.9. The van der Waals surface area contributed by atoms with Gasteiger partial charge in [0.15, 0.2) is 0 Å². The fourth-order valence-electron chi connectivity index (χ4n) is 5.81. The number of H-pyrrole nitrogens is 1. The first-order valence-corrected chi connectivity index (χ1v) is 14.1. The molecule has 2 aliphatic rings. The second-order valence-corrected chi connectivity index (χ2v) is 10.5. The molecule has 2 aliphatic heterocycles. The summed E-state index contributed by atoms with van der Waals surface area (Å²) >= 11 is 0. The average Bonchev–Trinajstić information content (AvgIpc) is 3.63. The van der Waals surface area contributed by atoms with Gasteiger partial charge in [0.1, 0.15) is 23.8 Å². The number of rotatable bonds is 10. The van der Waals surface area contributed by atoms with Gasteiger partial charge in [-0.25, -0.2) is 0 Å². The molecule has 3 atom stereocenters. The Morgan fingerprint density at radius 1 is 1.05 bits per heavy atom. The molecule has 0 saturated heterocycles. The number of nitrogens with zero attached hydrogens (tertiary/aromatic N) is 3. The number of carbonyl (C=O) groups is 4. The minimum Gasteiger partial charge on any atom is -0.348 e. The fourth-order valence-corrected chi connectivity index (χ4v) is 5.81. The zero-order chi connectivity index (χ0) is 28.9. The van der Waals surface area contributed by atoms with Crippen molar-refractivity contribution in [2.45, 2.75) is 70.6 Å². The molecule has 0 aliphatic carbocycles. The van der Waals surface area contributed by atoms with E-state index in [0.717, 1.165) is 16.8 Å². The molecule has 0 spiro atoms. The quantitative estimate of drug-likeness (QED) is 0.300. The first kappa shape index (κ1) is 28.0. The van der Waals surface area contributed by atoms with Gasteiger partial charge in [-0.1, -0.05) is 63.1 Å². The predicted octanol–water partition coefficient (Wildman–Crippen LogP) is 2.04. The zero-order valence-electron chi connectivity index (χ0n) is 23.2. The van der Waals surface area contributed by atoms with Crippen molar-refractivity contribution in [2.75, 3.05) is 4.90 Å². The maximum atomic E-state index is 14.0. The average molecular weight is 558 g/mol. The van der Waals surface area contributed by atoms with Crippen molar-refractivity contribution < 1.29 is 19.2 Å². The lowest BCUT2D eigenvalue weighted by molar-refractivity contribution is -0.130. The van der Waals surface area contributed by atoms with Crippen molar-refractivity contribution in [1.82, 2.24) is 31.4 Å². The number of hydrogen-bond acceptors (Lipinski definition) is 6. The van der Waals surface area contributed by atoms with E-state index in [0.29, 0.717) is 43.4 Å². The molecule has 214 valence electrons. The van der Waals surface area contributed by atoms with Gasteiger partial charge in [-0.3, -0.25) is 24.1 Å². The van der Waals surface area contributed by atoms with Crippen molar-refractivity contribution in [3.63, 3.8) is 0 Å². The van der Waals surface area contributed by atoms with Crippen LogP contribution in [0.1, 0.15) is 60.3 Å². The van der Waals surface area contributed by atoms with E-state index in [1.807, 2.05) is 38.1 Å². The molecule has 3 aromatic rings. The largest absolute Gasteiger partial charge is 0.348 e. The monoisotopic (exact) mass is 557 g/mol. The molecular formula is C30H35N7O4. The van der Waals surface area contributed by atoms with Crippen LogP contribution in [0.4, 0.5) is 5.69 Å². The second kappa shape index (κ2) is 12.3. The van der Waals surface area contributed by atoms with Crippen LogP contribution < -0.4 is 20.9 Å². The number of aryl methyl sites for hydroxylation is 1. The summed E-state index contributed by atoms with van der Waals surface area (Å²) in [6.45, 7) is 4.13. The first-order valence-electron chi connectivity index (χ1n) is 14.1. The molecule has 2 aromatic carbocycles. The third-order valence-electron chi connectivity index (χ3n) is 8.06. The van der Waals surface area contributed by atoms with Crippen molar-refractivity contribution in [3.05, 3.63) is 77.1 Å². The lowest BCUT2D eigenvalue weighted by Gasteiger charge is -2.30. The van der Waals surface area contributed by atoms with Crippen LogP contribution >= 0.6 is 0 Å². The van der Waals surface area contributed by atoms with Crippen LogP contribution in [0.15, 0.2) is 54.7 Å². The summed E-state index contributed by atoms with van der Waals surface area (Å²) in [5.41, 5.74) is 3.68. The number of aromatic nitrogens is 3. The number of amides is 4. The smallest absolute Gasteiger partial charge is 0.251 e. The summed E-state index contributed by atoms with van der Waals surface area (Å²) < 4.78 is 0. The van der Waals surface area contributed by atoms with E-state index < -0.39 is 24.0 Å². The van der Waals surface area contributed by atoms with Crippen LogP contribution in [-0.4, -0.2) is 57.2 Å². The Morgan fingerprint density at radius 2 is 1.80 bits per heavy atom. The molecule has 0 unspecified atom stereocenters. The van der Waals surface area contributed by atoms with Gasteiger partial charge >= 0.3 is 0 Å². The van der Waals surface area contributed by atoms with E-state index in [2.05, 4.69) is 31.4 Å². The number of aromatic amines is 1. The summed E-state index contributed by atoms with van der Waals surface area (Å²) in [5, 5.41) is 19.0. The van der Waals surface area contributed by atoms with Crippen LogP contribution in [0.3, 0.4) is 0 Å². The van der Waals surface area contributed by atoms with Crippen LogP contribution in [0.5, 0.6) is 0 Å². The van der Waals surface area contributed by atoms with Crippen LogP contribution in [0.25, 0.3) is 0 Å². The molecule has 1 aromatic heterocycles. The van der Waals surface area contributed by atoms with Crippen molar-refractivity contribution in [1.29, 1.82) is 0 Å². The van der Waals surface area contributed by atoms with Gasteiger partial charge in [-0.05, 0) is 42.0 Å². The van der Waals surface area contributed by atoms with Gasteiger partial charge in [0.05, 0.1) is 18.4 Å². The summed E-state index contributed by atoms with van der Waals surface area (Å²) in [6, 6.07) is 12.2. The molecule has 0 bridgehead atoms. The molecular weight excluding hydrogens is 522 g/mol. The highest BCUT2D eigenvalue weighted by molar-refractivity contribution is 6.08. The highest BCUT2D eigenvalue weighted by atomic mass is 16.2. The Bertz CT molecular complexity index is 1410. The number of para-hydroxylation sites is 1. The maximum Gasteiger partial charge on any atom is 0.251 e. The van der Waals surface area contributed by atoms with E-state index in [1.54, 1.807) is 29.2 Å². The van der Waals surface area contributed by atoms with E-state index in [-0.39, 0.29) is 30.2 Å². The minimum absolute atomic E-state index is 0.116. The molecule has 4 amide bonds. The molecule has 11 nitrogen and oxygen atoms in total. The van der Waals surface area contributed by atoms with E-state index >= 15 is 0 Å². The lowest BCUT2D eigenvalue weighted by Crippen LogP contribution is -2.58. The van der Waals surface area contributed by atoms with Crippen molar-refractivity contribution in [2.24, 2.45) is 5.92 Å². The highest BCUT2D eigenvalue weighted by Gasteiger charge is 2.44. The molecule has 0 radical (unpaired) electrons. The topological polar surface area (TPSA) is 149 Å². The Kier molecular flexibility index (Phi) is 8.42. The SMILES string of the molecule is CCC(CC)[C@H](NC(=O)c1ccccc1)C(=O)N[C@H]1CCc2cccc3c2N(C1=O)[C@H](C(=O)NCc1cn[nH]n1)C3. The Labute approximate surface area is 238 Å². The third-order valence-corrected chi connectivity index (χ3v) is 8.06. The molecule has 4 N–H and O–H groups in total. The van der Waals surface area contributed by atoms with Gasteiger partial charge in [0.2, 0.25) is 17.7 Å². The van der Waals surface area contributed by atoms with Gasteiger partial charge < -0.3 is 16.0 Å². The Balaban J connectivity index is 1.36. The van der Waals surface area contributed by atoms with E-state index in [1.165, 1.54) is 6.20 Å². The van der Waals surface area contributed by atoms with Gasteiger partial charge in [0.25, 0.3) is 5.91 Å². The highest BCUT2D eigenvalue weighted by Crippen LogP contribution is 2.39. The molecule has 11 heteroatoms. The number of hydrogen-bond donors (Lipinski definition) is 4. The van der Waals surface area contributed by atoms with Gasteiger partial charge in [0, 0.05) is 12.0 Å². The standard InChI is InChI=1S/C30H35N7O4/c1-3-18(4-2)25(34-27(38)20-9-6-5-7-10-20)29(40)33-23-14-13-19-11-8-12-21-15-24(37(26(19)21)30(23)41)28(39)31-16-22-17-32-36-35-22/h5-12,17-18,23-25H,3-4,13-16H2,1-2H3,(H,31,39)(H,33,40)(H,34,38)(H,32,35,36)/t23-,24-,25-/m0/s1. The summed E-state index contributed by atoms with van der Waals surface area (Å²) in [5.74, 6) is -1.50. The van der Waals surface area contributed by atoms with E-state index in [9.17, 15) is 19.2 Å². The van der Waals surface area contributed by atoms with Crippen LogP contribution in [-0.2, 0) is 33.8 Å². The predicted molar refractivity (Wildman–Crippen MR) is 152 cm³/mol. The van der Waals surface area contributed by atoms with Gasteiger partial charge in [-0.2, -0.15) is 15.4 Å². The fraction of sp³-hybridized carbons (Fsp3) is 0.400. The number of anilines is 1. The summed E-state index contributed by atoms with van der Waals surface area (Å²) in [6.07, 6.45) is 4.21. The minimum atomic E-state index is -0.850. The third kappa shape index (κ3) is 5.84. The lowest BCUT2D eigenvalue weighted by atomic mass is 9.92.